The summed E-state index contributed by atoms with van der Waals surface area (Å²) in [5.41, 5.74) is 1.80. The number of amides is 1. The van der Waals surface area contributed by atoms with E-state index >= 15 is 0 Å². The summed E-state index contributed by atoms with van der Waals surface area (Å²) in [5.74, 6) is -0.885. The summed E-state index contributed by atoms with van der Waals surface area (Å²) >= 11 is 0. The van der Waals surface area contributed by atoms with Gasteiger partial charge in [-0.05, 0) is 41.1 Å². The number of aromatic amines is 1. The average molecular weight is 352 g/mol. The molecule has 5 heteroatoms. The number of nitrogens with one attached hydrogen (secondary N) is 2. The number of rotatable bonds is 5. The molecule has 1 amide bonds. The molecule has 2 aromatic carbocycles. The Morgan fingerprint density at radius 2 is 1.81 bits per heavy atom. The van der Waals surface area contributed by atoms with Gasteiger partial charge in [0.15, 0.2) is 0 Å². The van der Waals surface area contributed by atoms with Crippen molar-refractivity contribution in [2.75, 3.05) is 0 Å². The van der Waals surface area contributed by atoms with Crippen molar-refractivity contribution < 1.29 is 9.18 Å². The highest BCUT2D eigenvalue weighted by atomic mass is 19.1. The maximum Gasteiger partial charge on any atom is 0.253 e. The van der Waals surface area contributed by atoms with E-state index in [1.807, 2.05) is 38.1 Å². The van der Waals surface area contributed by atoms with Crippen LogP contribution < -0.4 is 10.9 Å². The maximum absolute atomic E-state index is 13.2. The fraction of sp³-hybridized carbons (Fsp3) is 0.238. The zero-order valence-electron chi connectivity index (χ0n) is 14.8. The highest BCUT2D eigenvalue weighted by Crippen LogP contribution is 2.25. The number of carbonyl (C=O) groups excluding carboxylic acids is 1. The van der Waals surface area contributed by atoms with Gasteiger partial charge >= 0.3 is 0 Å². The molecule has 0 aliphatic rings. The summed E-state index contributed by atoms with van der Waals surface area (Å²) in [6, 6.07) is 15.2. The van der Waals surface area contributed by atoms with Gasteiger partial charge in [0.05, 0.1) is 5.92 Å². The molecule has 0 radical (unpaired) electrons. The normalized spacial score (nSPS) is 12.3. The third-order valence-electron chi connectivity index (χ3n) is 4.46. The average Bonchev–Trinajstić information content (AvgIpc) is 2.61. The van der Waals surface area contributed by atoms with Crippen molar-refractivity contribution in [1.82, 2.24) is 10.3 Å². The van der Waals surface area contributed by atoms with Gasteiger partial charge in [0.1, 0.15) is 5.82 Å². The monoisotopic (exact) mass is 352 g/mol. The SMILES string of the molecule is CC(C)C(C(=O)NCc1cc2ccccc2[nH]c1=O)c1ccc(F)cc1. The molecule has 0 saturated heterocycles. The van der Waals surface area contributed by atoms with Gasteiger partial charge in [0.25, 0.3) is 5.56 Å². The quantitative estimate of drug-likeness (QED) is 0.735. The number of para-hydroxylation sites is 1. The minimum absolute atomic E-state index is 0.0374. The predicted molar refractivity (Wildman–Crippen MR) is 100 cm³/mol. The zero-order chi connectivity index (χ0) is 18.7. The van der Waals surface area contributed by atoms with Crippen LogP contribution in [0.25, 0.3) is 10.9 Å². The van der Waals surface area contributed by atoms with Gasteiger partial charge in [-0.3, -0.25) is 9.59 Å². The molecule has 4 nitrogen and oxygen atoms in total. The van der Waals surface area contributed by atoms with Crippen molar-refractivity contribution in [3.63, 3.8) is 0 Å². The van der Waals surface area contributed by atoms with Crippen LogP contribution in [0.2, 0.25) is 0 Å². The Morgan fingerprint density at radius 1 is 1.12 bits per heavy atom. The molecule has 1 atom stereocenters. The first-order chi connectivity index (χ1) is 12.5. The van der Waals surface area contributed by atoms with Gasteiger partial charge in [0, 0.05) is 17.6 Å². The van der Waals surface area contributed by atoms with E-state index in [9.17, 15) is 14.0 Å². The Bertz CT molecular complexity index is 977. The van der Waals surface area contributed by atoms with Gasteiger partial charge < -0.3 is 10.3 Å². The van der Waals surface area contributed by atoms with Gasteiger partial charge in [-0.15, -0.1) is 0 Å². The maximum atomic E-state index is 13.2. The number of hydrogen-bond acceptors (Lipinski definition) is 2. The van der Waals surface area contributed by atoms with Crippen molar-refractivity contribution in [2.24, 2.45) is 5.92 Å². The van der Waals surface area contributed by atoms with Crippen LogP contribution in [0, 0.1) is 11.7 Å². The molecule has 1 aromatic heterocycles. The Morgan fingerprint density at radius 3 is 2.50 bits per heavy atom. The summed E-state index contributed by atoms with van der Waals surface area (Å²) in [4.78, 5) is 27.7. The largest absolute Gasteiger partial charge is 0.351 e. The molecule has 134 valence electrons. The Balaban J connectivity index is 1.79. The van der Waals surface area contributed by atoms with Gasteiger partial charge in [-0.1, -0.05) is 44.2 Å². The van der Waals surface area contributed by atoms with Crippen molar-refractivity contribution in [3.05, 3.63) is 81.9 Å². The van der Waals surface area contributed by atoms with Crippen LogP contribution in [0.3, 0.4) is 0 Å². The molecule has 0 saturated carbocycles. The van der Waals surface area contributed by atoms with Crippen LogP contribution >= 0.6 is 0 Å². The summed E-state index contributed by atoms with van der Waals surface area (Å²) in [6.45, 7) is 4.02. The van der Waals surface area contributed by atoms with Gasteiger partial charge in [0.2, 0.25) is 5.91 Å². The first-order valence-corrected chi connectivity index (χ1v) is 8.60. The number of hydrogen-bond donors (Lipinski definition) is 2. The van der Waals surface area contributed by atoms with Crippen LogP contribution in [-0.4, -0.2) is 10.9 Å². The number of H-pyrrole nitrogens is 1. The molecular formula is C21H21FN2O2. The van der Waals surface area contributed by atoms with Crippen LogP contribution in [0.5, 0.6) is 0 Å². The minimum atomic E-state index is -0.407. The van der Waals surface area contributed by atoms with Crippen molar-refractivity contribution in [1.29, 1.82) is 0 Å². The lowest BCUT2D eigenvalue weighted by molar-refractivity contribution is -0.123. The zero-order valence-corrected chi connectivity index (χ0v) is 14.8. The van der Waals surface area contributed by atoms with E-state index in [0.29, 0.717) is 5.56 Å². The lowest BCUT2D eigenvalue weighted by Crippen LogP contribution is -2.33. The van der Waals surface area contributed by atoms with Crippen molar-refractivity contribution in [2.45, 2.75) is 26.3 Å². The molecule has 0 bridgehead atoms. The van der Waals surface area contributed by atoms with Crippen LogP contribution in [0.4, 0.5) is 4.39 Å². The number of fused-ring (bicyclic) bond motifs is 1. The molecule has 3 rings (SSSR count). The third-order valence-corrected chi connectivity index (χ3v) is 4.46. The Labute approximate surface area is 151 Å². The molecule has 1 heterocycles. The summed E-state index contributed by atoms with van der Waals surface area (Å²) in [6.07, 6.45) is 0. The number of benzene rings is 2. The second-order valence-electron chi connectivity index (χ2n) is 6.70. The molecule has 0 aliphatic carbocycles. The number of pyridine rings is 1. The highest BCUT2D eigenvalue weighted by Gasteiger charge is 2.24. The smallest absolute Gasteiger partial charge is 0.253 e. The first-order valence-electron chi connectivity index (χ1n) is 8.60. The molecular weight excluding hydrogens is 331 g/mol. The lowest BCUT2D eigenvalue weighted by Gasteiger charge is -2.20. The van der Waals surface area contributed by atoms with Crippen LogP contribution in [0.1, 0.15) is 30.9 Å². The van der Waals surface area contributed by atoms with E-state index in [0.717, 1.165) is 16.5 Å². The third kappa shape index (κ3) is 3.82. The van der Waals surface area contributed by atoms with Gasteiger partial charge in [-0.25, -0.2) is 4.39 Å². The number of halogens is 1. The summed E-state index contributed by atoms with van der Waals surface area (Å²) in [5, 5.41) is 3.76. The molecule has 1 unspecified atom stereocenters. The Kier molecular flexibility index (Phi) is 5.16. The summed E-state index contributed by atoms with van der Waals surface area (Å²) < 4.78 is 13.2. The molecule has 3 aromatic rings. The minimum Gasteiger partial charge on any atom is -0.351 e. The van der Waals surface area contributed by atoms with Crippen molar-refractivity contribution in [3.8, 4) is 0 Å². The molecule has 0 spiro atoms. The second-order valence-corrected chi connectivity index (χ2v) is 6.70. The standard InChI is InChI=1S/C21H21FN2O2/c1-13(2)19(14-7-9-17(22)10-8-14)21(26)23-12-16-11-15-5-3-4-6-18(15)24-20(16)25/h3-11,13,19H,12H2,1-2H3,(H,23,26)(H,24,25). The van der Waals surface area contributed by atoms with E-state index in [4.69, 9.17) is 0 Å². The first kappa shape index (κ1) is 17.9. The Hall–Kier alpha value is -2.95. The van der Waals surface area contributed by atoms with Crippen LogP contribution in [0.15, 0.2) is 59.4 Å². The van der Waals surface area contributed by atoms with Crippen LogP contribution in [-0.2, 0) is 11.3 Å². The van der Waals surface area contributed by atoms with Gasteiger partial charge in [-0.2, -0.15) is 0 Å². The second kappa shape index (κ2) is 7.52. The fourth-order valence-corrected chi connectivity index (χ4v) is 3.13. The fourth-order valence-electron chi connectivity index (χ4n) is 3.13. The molecule has 0 fully saturated rings. The number of carbonyl (C=O) groups is 1. The molecule has 26 heavy (non-hydrogen) atoms. The number of aromatic nitrogens is 1. The topological polar surface area (TPSA) is 62.0 Å². The van der Waals surface area contributed by atoms with E-state index in [2.05, 4.69) is 10.3 Å². The van der Waals surface area contributed by atoms with E-state index in [1.54, 1.807) is 18.2 Å². The summed E-state index contributed by atoms with van der Waals surface area (Å²) in [7, 11) is 0. The van der Waals surface area contributed by atoms with E-state index in [1.165, 1.54) is 12.1 Å². The molecule has 2 N–H and O–H groups in total. The van der Waals surface area contributed by atoms with E-state index < -0.39 is 5.92 Å². The lowest BCUT2D eigenvalue weighted by atomic mass is 9.87. The molecule has 0 aliphatic heterocycles. The van der Waals surface area contributed by atoms with E-state index in [-0.39, 0.29) is 29.7 Å². The predicted octanol–water partition coefficient (Wildman–Crippen LogP) is 3.72. The van der Waals surface area contributed by atoms with Crippen molar-refractivity contribution >= 4 is 16.8 Å². The highest BCUT2D eigenvalue weighted by molar-refractivity contribution is 5.84.